The van der Waals surface area contributed by atoms with Crippen molar-refractivity contribution in [2.75, 3.05) is 26.7 Å². The van der Waals surface area contributed by atoms with Gasteiger partial charge in [-0.05, 0) is 30.9 Å². The number of rotatable bonds is 6. The number of piperidine rings is 1. The third-order valence-corrected chi connectivity index (χ3v) is 5.49. The summed E-state index contributed by atoms with van der Waals surface area (Å²) in [5.74, 6) is 0.452. The SMILES string of the molecule is CCCCN(C)C(=O)C1CCN(C(=O)Cc2ccccc2Br)CC1. The van der Waals surface area contributed by atoms with E-state index in [1.807, 2.05) is 41.1 Å². The van der Waals surface area contributed by atoms with Gasteiger partial charge in [0.2, 0.25) is 11.8 Å². The minimum Gasteiger partial charge on any atom is -0.346 e. The number of hydrogen-bond donors (Lipinski definition) is 0. The van der Waals surface area contributed by atoms with Gasteiger partial charge in [0.15, 0.2) is 0 Å². The molecule has 1 fully saturated rings. The highest BCUT2D eigenvalue weighted by Gasteiger charge is 2.29. The second-order valence-electron chi connectivity index (χ2n) is 6.54. The Hall–Kier alpha value is -1.36. The number of unbranched alkanes of at least 4 members (excludes halogenated alkanes) is 1. The summed E-state index contributed by atoms with van der Waals surface area (Å²) in [5, 5.41) is 0. The van der Waals surface area contributed by atoms with Crippen molar-refractivity contribution in [1.82, 2.24) is 9.80 Å². The molecule has 0 radical (unpaired) electrons. The Morgan fingerprint density at radius 2 is 1.92 bits per heavy atom. The summed E-state index contributed by atoms with van der Waals surface area (Å²) in [4.78, 5) is 28.7. The van der Waals surface area contributed by atoms with Crippen molar-refractivity contribution in [3.63, 3.8) is 0 Å². The Kier molecular flexibility index (Phi) is 7.28. The molecule has 0 atom stereocenters. The molecule has 1 aliphatic rings. The van der Waals surface area contributed by atoms with Crippen LogP contribution in [0, 0.1) is 5.92 Å². The van der Waals surface area contributed by atoms with Crippen LogP contribution in [0.3, 0.4) is 0 Å². The van der Waals surface area contributed by atoms with Crippen molar-refractivity contribution in [2.45, 2.75) is 39.0 Å². The maximum absolute atomic E-state index is 12.5. The van der Waals surface area contributed by atoms with Gasteiger partial charge in [-0.3, -0.25) is 9.59 Å². The Balaban J connectivity index is 1.83. The van der Waals surface area contributed by atoms with Crippen LogP contribution in [0.2, 0.25) is 0 Å². The van der Waals surface area contributed by atoms with Gasteiger partial charge in [-0.1, -0.05) is 47.5 Å². The number of benzene rings is 1. The van der Waals surface area contributed by atoms with Crippen molar-refractivity contribution in [2.24, 2.45) is 5.92 Å². The summed E-state index contributed by atoms with van der Waals surface area (Å²) in [6.45, 7) is 4.33. The minimum absolute atomic E-state index is 0.0689. The first-order chi connectivity index (χ1) is 11.5. The molecule has 1 aliphatic heterocycles. The van der Waals surface area contributed by atoms with E-state index in [-0.39, 0.29) is 17.7 Å². The van der Waals surface area contributed by atoms with E-state index in [9.17, 15) is 9.59 Å². The van der Waals surface area contributed by atoms with Crippen molar-refractivity contribution in [3.8, 4) is 0 Å². The van der Waals surface area contributed by atoms with Crippen molar-refractivity contribution < 1.29 is 9.59 Å². The number of carbonyl (C=O) groups excluding carboxylic acids is 2. The van der Waals surface area contributed by atoms with Crippen molar-refractivity contribution in [1.29, 1.82) is 0 Å². The predicted molar refractivity (Wildman–Crippen MR) is 99.7 cm³/mol. The van der Waals surface area contributed by atoms with Crippen LogP contribution in [-0.4, -0.2) is 48.3 Å². The van der Waals surface area contributed by atoms with Gasteiger partial charge in [0.25, 0.3) is 0 Å². The molecule has 24 heavy (non-hydrogen) atoms. The summed E-state index contributed by atoms with van der Waals surface area (Å²) < 4.78 is 0.973. The number of carbonyl (C=O) groups is 2. The Bertz CT molecular complexity index is 568. The molecule has 1 heterocycles. The molecule has 1 aromatic carbocycles. The molecular weight excluding hydrogens is 368 g/mol. The smallest absolute Gasteiger partial charge is 0.227 e. The summed E-state index contributed by atoms with van der Waals surface area (Å²) in [5.41, 5.74) is 1.01. The van der Waals surface area contributed by atoms with Gasteiger partial charge in [0.1, 0.15) is 0 Å². The van der Waals surface area contributed by atoms with E-state index in [0.717, 1.165) is 42.3 Å². The zero-order valence-corrected chi connectivity index (χ0v) is 16.2. The number of halogens is 1. The van der Waals surface area contributed by atoms with E-state index < -0.39 is 0 Å². The monoisotopic (exact) mass is 394 g/mol. The molecule has 4 nitrogen and oxygen atoms in total. The lowest BCUT2D eigenvalue weighted by molar-refractivity contribution is -0.139. The van der Waals surface area contributed by atoms with Gasteiger partial charge in [0.05, 0.1) is 6.42 Å². The minimum atomic E-state index is 0.0689. The third kappa shape index (κ3) is 5.07. The number of likely N-dealkylation sites (tertiary alicyclic amines) is 1. The quantitative estimate of drug-likeness (QED) is 0.740. The van der Waals surface area contributed by atoms with E-state index in [2.05, 4.69) is 22.9 Å². The van der Waals surface area contributed by atoms with Gasteiger partial charge < -0.3 is 9.80 Å². The number of amides is 2. The lowest BCUT2D eigenvalue weighted by Crippen LogP contribution is -2.44. The molecule has 0 aromatic heterocycles. The van der Waals surface area contributed by atoms with E-state index in [1.165, 1.54) is 0 Å². The van der Waals surface area contributed by atoms with Crippen LogP contribution in [-0.2, 0) is 16.0 Å². The van der Waals surface area contributed by atoms with E-state index in [4.69, 9.17) is 0 Å². The van der Waals surface area contributed by atoms with Crippen LogP contribution in [0.1, 0.15) is 38.2 Å². The lowest BCUT2D eigenvalue weighted by Gasteiger charge is -2.33. The third-order valence-electron chi connectivity index (χ3n) is 4.72. The maximum Gasteiger partial charge on any atom is 0.227 e. The maximum atomic E-state index is 12.5. The average molecular weight is 395 g/mol. The standard InChI is InChI=1S/C19H27BrN2O2/c1-3-4-11-21(2)19(24)15-9-12-22(13-10-15)18(23)14-16-7-5-6-8-17(16)20/h5-8,15H,3-4,9-14H2,1-2H3. The largest absolute Gasteiger partial charge is 0.346 e. The van der Waals surface area contributed by atoms with E-state index in [1.54, 1.807) is 0 Å². The van der Waals surface area contributed by atoms with E-state index in [0.29, 0.717) is 19.5 Å². The van der Waals surface area contributed by atoms with Crippen molar-refractivity contribution in [3.05, 3.63) is 34.3 Å². The van der Waals surface area contributed by atoms with Crippen LogP contribution in [0.15, 0.2) is 28.7 Å². The molecule has 0 N–H and O–H groups in total. The predicted octanol–water partition coefficient (Wildman–Crippen LogP) is 3.49. The highest BCUT2D eigenvalue weighted by atomic mass is 79.9. The first-order valence-corrected chi connectivity index (χ1v) is 9.58. The van der Waals surface area contributed by atoms with Gasteiger partial charge in [-0.15, -0.1) is 0 Å². The second kappa shape index (κ2) is 9.21. The van der Waals surface area contributed by atoms with Crippen LogP contribution in [0.5, 0.6) is 0 Å². The Labute approximate surface area is 153 Å². The zero-order chi connectivity index (χ0) is 17.5. The lowest BCUT2D eigenvalue weighted by atomic mass is 9.95. The van der Waals surface area contributed by atoms with Crippen molar-refractivity contribution >= 4 is 27.7 Å². The fourth-order valence-corrected chi connectivity index (χ4v) is 3.53. The molecule has 2 rings (SSSR count). The molecule has 2 amide bonds. The molecule has 1 aromatic rings. The highest BCUT2D eigenvalue weighted by Crippen LogP contribution is 2.22. The summed E-state index contributed by atoms with van der Waals surface area (Å²) >= 11 is 3.49. The van der Waals surface area contributed by atoms with Crippen LogP contribution in [0.25, 0.3) is 0 Å². The zero-order valence-electron chi connectivity index (χ0n) is 14.6. The summed E-state index contributed by atoms with van der Waals surface area (Å²) in [6.07, 6.45) is 4.11. The average Bonchev–Trinajstić information content (AvgIpc) is 2.61. The molecule has 0 unspecified atom stereocenters. The molecule has 1 saturated heterocycles. The summed E-state index contributed by atoms with van der Waals surface area (Å²) in [7, 11) is 1.89. The van der Waals surface area contributed by atoms with Crippen LogP contribution in [0.4, 0.5) is 0 Å². The first-order valence-electron chi connectivity index (χ1n) is 8.79. The fourth-order valence-electron chi connectivity index (χ4n) is 3.11. The topological polar surface area (TPSA) is 40.6 Å². The summed E-state index contributed by atoms with van der Waals surface area (Å²) in [6, 6.07) is 7.83. The normalized spacial score (nSPS) is 15.4. The van der Waals surface area contributed by atoms with E-state index >= 15 is 0 Å². The van der Waals surface area contributed by atoms with Gasteiger partial charge in [-0.25, -0.2) is 0 Å². The van der Waals surface area contributed by atoms with Crippen LogP contribution < -0.4 is 0 Å². The molecule has 0 aliphatic carbocycles. The second-order valence-corrected chi connectivity index (χ2v) is 7.39. The number of hydrogen-bond acceptors (Lipinski definition) is 2. The molecule has 0 spiro atoms. The number of nitrogens with zero attached hydrogens (tertiary/aromatic N) is 2. The van der Waals surface area contributed by atoms with Gasteiger partial charge >= 0.3 is 0 Å². The molecular formula is C19H27BrN2O2. The fraction of sp³-hybridized carbons (Fsp3) is 0.579. The first kappa shape index (κ1) is 19.0. The molecule has 5 heteroatoms. The van der Waals surface area contributed by atoms with Gasteiger partial charge in [0, 0.05) is 37.1 Å². The molecule has 132 valence electrons. The Morgan fingerprint density at radius 1 is 1.25 bits per heavy atom. The molecule has 0 saturated carbocycles. The molecule has 0 bridgehead atoms. The van der Waals surface area contributed by atoms with Gasteiger partial charge in [-0.2, -0.15) is 0 Å². The Morgan fingerprint density at radius 3 is 2.54 bits per heavy atom. The van der Waals surface area contributed by atoms with Crippen LogP contribution >= 0.6 is 15.9 Å². The highest BCUT2D eigenvalue weighted by molar-refractivity contribution is 9.10.